The van der Waals surface area contributed by atoms with E-state index >= 15 is 0 Å². The number of benzene rings is 3. The third-order valence-corrected chi connectivity index (χ3v) is 5.23. The van der Waals surface area contributed by atoms with Crippen LogP contribution in [0.4, 0.5) is 4.39 Å². The molecular weight excluding hydrogens is 371 g/mol. The molecule has 3 aromatic carbocycles. The van der Waals surface area contributed by atoms with E-state index in [-0.39, 0.29) is 5.92 Å². The summed E-state index contributed by atoms with van der Waals surface area (Å²) in [5, 5.41) is 8.91. The molecule has 0 spiro atoms. The summed E-state index contributed by atoms with van der Waals surface area (Å²) in [5.74, 6) is 0.181. The highest BCUT2D eigenvalue weighted by Crippen LogP contribution is 2.23. The Kier molecular flexibility index (Phi) is 7.67. The van der Waals surface area contributed by atoms with E-state index in [0.29, 0.717) is 6.42 Å². The van der Waals surface area contributed by atoms with Gasteiger partial charge in [0.2, 0.25) is 0 Å². The van der Waals surface area contributed by atoms with Crippen molar-refractivity contribution in [1.82, 2.24) is 0 Å². The Morgan fingerprint density at radius 3 is 2.10 bits per heavy atom. The number of hydrogen-bond donors (Lipinski definition) is 0. The number of aryl methyl sites for hydroxylation is 1. The number of hydrogen-bond acceptors (Lipinski definition) is 2. The topological polar surface area (TPSA) is 24.7 Å². The maximum absolute atomic E-state index is 13.4. The Bertz CT molecular complexity index is 972. The van der Waals surface area contributed by atoms with Crippen molar-refractivity contribution >= 4 is 11.9 Å². The van der Waals surface area contributed by atoms with E-state index in [0.717, 1.165) is 34.4 Å². The molecule has 154 valence electrons. The number of nitrogens with zero attached hydrogens (tertiary/aromatic N) is 2. The molecule has 0 aromatic heterocycles. The molecule has 2 atom stereocenters. The van der Waals surface area contributed by atoms with Crippen molar-refractivity contribution in [2.45, 2.75) is 45.7 Å². The number of halogens is 1. The van der Waals surface area contributed by atoms with E-state index in [1.165, 1.54) is 5.56 Å². The summed E-state index contributed by atoms with van der Waals surface area (Å²) in [5.41, 5.74) is 6.27. The molecular formula is C27H29FN2. The zero-order valence-electron chi connectivity index (χ0n) is 17.9. The largest absolute Gasteiger partial charge is 0.248 e. The Hall–Kier alpha value is -3.07. The monoisotopic (exact) mass is 400 g/mol. The highest BCUT2D eigenvalue weighted by atomic mass is 19.1. The van der Waals surface area contributed by atoms with E-state index in [2.05, 4.69) is 60.4 Å². The van der Waals surface area contributed by atoms with Gasteiger partial charge in [0, 0.05) is 11.1 Å². The van der Waals surface area contributed by atoms with Crippen LogP contribution in [0.15, 0.2) is 89.1 Å². The molecule has 3 aromatic rings. The maximum Gasteiger partial charge on any atom is 0.100 e. The number of rotatable bonds is 8. The van der Waals surface area contributed by atoms with E-state index in [4.69, 9.17) is 0 Å². The third kappa shape index (κ3) is 5.96. The lowest BCUT2D eigenvalue weighted by Gasteiger charge is -2.13. The van der Waals surface area contributed by atoms with Gasteiger partial charge in [0.15, 0.2) is 0 Å². The van der Waals surface area contributed by atoms with Gasteiger partial charge in [0.25, 0.3) is 0 Å². The first kappa shape index (κ1) is 21.6. The maximum atomic E-state index is 13.4. The molecule has 0 N–H and O–H groups in total. The van der Waals surface area contributed by atoms with Crippen LogP contribution in [0.2, 0.25) is 0 Å². The second-order valence-corrected chi connectivity index (χ2v) is 7.69. The lowest BCUT2D eigenvalue weighted by molar-refractivity contribution is 0.324. The van der Waals surface area contributed by atoms with Gasteiger partial charge in [0.05, 0.1) is 12.4 Å². The lowest BCUT2D eigenvalue weighted by atomic mass is 9.93. The van der Waals surface area contributed by atoms with Crippen molar-refractivity contribution in [1.29, 1.82) is 0 Å². The minimum absolute atomic E-state index is 0.181. The van der Waals surface area contributed by atoms with Gasteiger partial charge in [-0.05, 0) is 42.4 Å². The quantitative estimate of drug-likeness (QED) is 0.288. The Labute approximate surface area is 179 Å². The van der Waals surface area contributed by atoms with Gasteiger partial charge in [-0.15, -0.1) is 5.10 Å². The Morgan fingerprint density at radius 1 is 0.867 bits per heavy atom. The van der Waals surface area contributed by atoms with Crippen molar-refractivity contribution in [2.24, 2.45) is 10.2 Å². The fourth-order valence-corrected chi connectivity index (χ4v) is 3.46. The van der Waals surface area contributed by atoms with E-state index < -0.39 is 6.17 Å². The molecule has 2 unspecified atom stereocenters. The molecule has 3 heteroatoms. The molecule has 2 nitrogen and oxygen atoms in total. The first-order chi connectivity index (χ1) is 14.6. The summed E-state index contributed by atoms with van der Waals surface area (Å²) < 4.78 is 13.4. The number of alkyl halides is 1. The second-order valence-electron chi connectivity index (χ2n) is 7.69. The molecule has 0 saturated heterocycles. The van der Waals surface area contributed by atoms with Gasteiger partial charge >= 0.3 is 0 Å². The van der Waals surface area contributed by atoms with Gasteiger partial charge < -0.3 is 0 Å². The average molecular weight is 401 g/mol. The van der Waals surface area contributed by atoms with Crippen molar-refractivity contribution in [3.8, 4) is 0 Å². The summed E-state index contributed by atoms with van der Waals surface area (Å²) in [6.45, 7) is 5.81. The molecule has 0 bridgehead atoms. The summed E-state index contributed by atoms with van der Waals surface area (Å²) >= 11 is 0. The predicted octanol–water partition coefficient (Wildman–Crippen LogP) is 6.97. The standard InChI is InChI=1S/C27H29FN2/c1-4-22-10-12-23(13-11-22)19-29-30-27(25-8-6-5-7-9-25)26-16-14-24(15-17-26)20(2)18-21(3)28/h5-17,19-21H,4,18H2,1-3H3. The van der Waals surface area contributed by atoms with Gasteiger partial charge in [-0.2, -0.15) is 5.10 Å². The molecule has 30 heavy (non-hydrogen) atoms. The minimum Gasteiger partial charge on any atom is -0.248 e. The van der Waals surface area contributed by atoms with Gasteiger partial charge in [-0.3, -0.25) is 0 Å². The second kappa shape index (κ2) is 10.6. The van der Waals surface area contributed by atoms with E-state index in [1.54, 1.807) is 13.1 Å². The summed E-state index contributed by atoms with van der Waals surface area (Å²) in [6.07, 6.45) is 2.52. The zero-order chi connectivity index (χ0) is 21.3. The van der Waals surface area contributed by atoms with E-state index in [9.17, 15) is 4.39 Å². The van der Waals surface area contributed by atoms with Gasteiger partial charge in [-0.25, -0.2) is 4.39 Å². The van der Waals surface area contributed by atoms with Crippen LogP contribution in [-0.4, -0.2) is 18.1 Å². The summed E-state index contributed by atoms with van der Waals surface area (Å²) in [6, 6.07) is 26.6. The van der Waals surface area contributed by atoms with Crippen LogP contribution in [0.3, 0.4) is 0 Å². The van der Waals surface area contributed by atoms with E-state index in [1.807, 2.05) is 42.5 Å². The van der Waals surface area contributed by atoms with Crippen LogP contribution in [-0.2, 0) is 6.42 Å². The molecule has 0 fully saturated rings. The SMILES string of the molecule is CCc1ccc(C=NN=C(c2ccccc2)c2ccc(C(C)CC(C)F)cc2)cc1. The first-order valence-corrected chi connectivity index (χ1v) is 10.6. The molecule has 0 radical (unpaired) electrons. The van der Waals surface area contributed by atoms with Crippen LogP contribution >= 0.6 is 0 Å². The lowest BCUT2D eigenvalue weighted by Crippen LogP contribution is -2.05. The van der Waals surface area contributed by atoms with Crippen LogP contribution in [0.1, 0.15) is 60.9 Å². The van der Waals surface area contributed by atoms with Crippen molar-refractivity contribution in [3.05, 3.63) is 107 Å². The fraction of sp³-hybridized carbons (Fsp3) is 0.259. The van der Waals surface area contributed by atoms with Crippen molar-refractivity contribution in [2.75, 3.05) is 0 Å². The summed E-state index contributed by atoms with van der Waals surface area (Å²) in [4.78, 5) is 0. The molecule has 0 amide bonds. The molecule has 3 rings (SSSR count). The zero-order valence-corrected chi connectivity index (χ0v) is 17.9. The Morgan fingerprint density at radius 2 is 1.50 bits per heavy atom. The van der Waals surface area contributed by atoms with Crippen molar-refractivity contribution in [3.63, 3.8) is 0 Å². The molecule has 0 aliphatic carbocycles. The first-order valence-electron chi connectivity index (χ1n) is 10.6. The van der Waals surface area contributed by atoms with Gasteiger partial charge in [-0.1, -0.05) is 92.7 Å². The predicted molar refractivity (Wildman–Crippen MR) is 126 cm³/mol. The molecule has 0 aliphatic rings. The summed E-state index contributed by atoms with van der Waals surface area (Å²) in [7, 11) is 0. The van der Waals surface area contributed by atoms with Crippen LogP contribution < -0.4 is 0 Å². The average Bonchev–Trinajstić information content (AvgIpc) is 2.77. The van der Waals surface area contributed by atoms with Crippen LogP contribution in [0.5, 0.6) is 0 Å². The normalized spacial score (nSPS) is 14.1. The third-order valence-electron chi connectivity index (χ3n) is 5.23. The van der Waals surface area contributed by atoms with Crippen molar-refractivity contribution < 1.29 is 4.39 Å². The molecule has 0 aliphatic heterocycles. The van der Waals surface area contributed by atoms with Crippen LogP contribution in [0, 0.1) is 0 Å². The molecule has 0 heterocycles. The highest BCUT2D eigenvalue weighted by molar-refractivity contribution is 6.13. The van der Waals surface area contributed by atoms with Gasteiger partial charge in [0.1, 0.15) is 5.71 Å². The molecule has 0 saturated carbocycles. The van der Waals surface area contributed by atoms with Crippen LogP contribution in [0.25, 0.3) is 0 Å². The minimum atomic E-state index is -0.804. The Balaban J connectivity index is 1.87. The smallest absolute Gasteiger partial charge is 0.100 e. The fourth-order valence-electron chi connectivity index (χ4n) is 3.46. The highest BCUT2D eigenvalue weighted by Gasteiger charge is 2.12.